The monoisotopic (exact) mass is 282 g/mol. The van der Waals surface area contributed by atoms with Crippen molar-refractivity contribution in [2.75, 3.05) is 38.6 Å². The number of fused-ring (bicyclic) bond motifs is 1. The Morgan fingerprint density at radius 3 is 3.14 bits per heavy atom. The molecule has 1 aliphatic rings. The van der Waals surface area contributed by atoms with Crippen LogP contribution in [0.4, 0.5) is 5.82 Å². The number of hydrogen-bond donors (Lipinski definition) is 1. The molecule has 1 saturated heterocycles. The molecule has 1 aliphatic heterocycles. The average Bonchev–Trinajstić information content (AvgIpc) is 2.52. The van der Waals surface area contributed by atoms with Gasteiger partial charge < -0.3 is 15.0 Å². The zero-order valence-corrected chi connectivity index (χ0v) is 12.0. The van der Waals surface area contributed by atoms with Crippen LogP contribution in [0.2, 0.25) is 0 Å². The van der Waals surface area contributed by atoms with E-state index in [2.05, 4.69) is 28.3 Å². The number of likely N-dealkylation sites (N-methyl/N-ethyl adjacent to an activating group) is 1. The molecule has 21 heavy (non-hydrogen) atoms. The molecule has 0 spiro atoms. The minimum atomic E-state index is 0.196. The van der Waals surface area contributed by atoms with Gasteiger partial charge in [-0.15, -0.1) is 0 Å². The predicted octanol–water partition coefficient (Wildman–Crippen LogP) is 1.85. The first-order valence-electron chi connectivity index (χ1n) is 7.09. The van der Waals surface area contributed by atoms with Gasteiger partial charge in [-0.1, -0.05) is 0 Å². The third-order valence-electron chi connectivity index (χ3n) is 3.67. The number of nitrogens with zero attached hydrogens (tertiary/aromatic N) is 3. The Morgan fingerprint density at radius 2 is 2.33 bits per heavy atom. The minimum Gasteiger partial charge on any atom is -0.374 e. The smallest absolute Gasteiger partial charge is 0.126 e. The van der Waals surface area contributed by atoms with E-state index in [1.807, 2.05) is 24.3 Å². The number of nitriles is 1. The molecule has 2 aromatic rings. The number of morpholine rings is 1. The van der Waals surface area contributed by atoms with Crippen LogP contribution in [0.1, 0.15) is 5.56 Å². The van der Waals surface area contributed by atoms with Crippen molar-refractivity contribution in [1.82, 2.24) is 9.88 Å². The van der Waals surface area contributed by atoms with Crippen molar-refractivity contribution in [2.45, 2.75) is 6.10 Å². The van der Waals surface area contributed by atoms with Gasteiger partial charge >= 0.3 is 0 Å². The van der Waals surface area contributed by atoms with Gasteiger partial charge in [0.05, 0.1) is 29.9 Å². The SMILES string of the molecule is CN1CCOC(CNc2ccc3cc(C#N)ccc3n2)C1. The lowest BCUT2D eigenvalue weighted by molar-refractivity contribution is -0.0117. The zero-order valence-electron chi connectivity index (χ0n) is 12.0. The Balaban J connectivity index is 1.68. The molecule has 1 aromatic heterocycles. The standard InChI is InChI=1S/C16H18N4O/c1-20-6-7-21-14(11-20)10-18-16-5-3-13-8-12(9-17)2-4-15(13)19-16/h2-5,8,14H,6-7,10-11H2,1H3,(H,18,19). The lowest BCUT2D eigenvalue weighted by atomic mass is 10.1. The fraction of sp³-hybridized carbons (Fsp3) is 0.375. The highest BCUT2D eigenvalue weighted by Crippen LogP contribution is 2.17. The molecule has 0 amide bonds. The van der Waals surface area contributed by atoms with Gasteiger partial charge in [-0.05, 0) is 37.4 Å². The van der Waals surface area contributed by atoms with Gasteiger partial charge in [0.15, 0.2) is 0 Å². The fourth-order valence-electron chi connectivity index (χ4n) is 2.50. The summed E-state index contributed by atoms with van der Waals surface area (Å²) < 4.78 is 5.72. The molecule has 0 radical (unpaired) electrons. The summed E-state index contributed by atoms with van der Waals surface area (Å²) in [6, 6.07) is 11.6. The molecule has 1 aromatic carbocycles. The van der Waals surface area contributed by atoms with Crippen molar-refractivity contribution in [3.05, 3.63) is 35.9 Å². The third-order valence-corrected chi connectivity index (χ3v) is 3.67. The molecule has 5 nitrogen and oxygen atoms in total. The lowest BCUT2D eigenvalue weighted by Crippen LogP contribution is -2.43. The van der Waals surface area contributed by atoms with Crippen LogP contribution < -0.4 is 5.32 Å². The topological polar surface area (TPSA) is 61.2 Å². The second kappa shape index (κ2) is 6.08. The largest absolute Gasteiger partial charge is 0.374 e. The fourth-order valence-corrected chi connectivity index (χ4v) is 2.50. The molecule has 3 rings (SSSR count). The molecule has 2 heterocycles. The van der Waals surface area contributed by atoms with Crippen LogP contribution in [0.15, 0.2) is 30.3 Å². The Morgan fingerprint density at radius 1 is 1.43 bits per heavy atom. The van der Waals surface area contributed by atoms with E-state index in [0.717, 1.165) is 43.0 Å². The summed E-state index contributed by atoms with van der Waals surface area (Å²) in [5.41, 5.74) is 1.55. The summed E-state index contributed by atoms with van der Waals surface area (Å²) in [6.45, 7) is 3.46. The van der Waals surface area contributed by atoms with Gasteiger partial charge in [0.1, 0.15) is 5.82 Å². The van der Waals surface area contributed by atoms with Crippen LogP contribution in [0.3, 0.4) is 0 Å². The summed E-state index contributed by atoms with van der Waals surface area (Å²) in [5.74, 6) is 0.837. The highest BCUT2D eigenvalue weighted by Gasteiger charge is 2.17. The number of ether oxygens (including phenoxy) is 1. The molecule has 1 fully saturated rings. The number of nitrogens with one attached hydrogen (secondary N) is 1. The van der Waals surface area contributed by atoms with Gasteiger partial charge in [0, 0.05) is 25.0 Å². The second-order valence-electron chi connectivity index (χ2n) is 5.35. The number of pyridine rings is 1. The van der Waals surface area contributed by atoms with Crippen LogP contribution >= 0.6 is 0 Å². The first-order valence-corrected chi connectivity index (χ1v) is 7.09. The van der Waals surface area contributed by atoms with E-state index in [9.17, 15) is 0 Å². The number of rotatable bonds is 3. The lowest BCUT2D eigenvalue weighted by Gasteiger charge is -2.30. The van der Waals surface area contributed by atoms with Crippen molar-refractivity contribution in [3.8, 4) is 6.07 Å². The van der Waals surface area contributed by atoms with Crippen LogP contribution in [-0.2, 0) is 4.74 Å². The first kappa shape index (κ1) is 13.8. The molecule has 1 unspecified atom stereocenters. The highest BCUT2D eigenvalue weighted by atomic mass is 16.5. The van der Waals surface area contributed by atoms with Crippen molar-refractivity contribution in [3.63, 3.8) is 0 Å². The van der Waals surface area contributed by atoms with Gasteiger partial charge in [0.25, 0.3) is 0 Å². The van der Waals surface area contributed by atoms with Crippen LogP contribution in [-0.4, -0.2) is 49.3 Å². The maximum absolute atomic E-state index is 8.90. The van der Waals surface area contributed by atoms with Crippen LogP contribution in [0.5, 0.6) is 0 Å². The van der Waals surface area contributed by atoms with Crippen molar-refractivity contribution in [1.29, 1.82) is 5.26 Å². The van der Waals surface area contributed by atoms with E-state index in [0.29, 0.717) is 5.56 Å². The first-order chi connectivity index (χ1) is 10.2. The normalized spacial score (nSPS) is 19.3. The van der Waals surface area contributed by atoms with Crippen molar-refractivity contribution >= 4 is 16.7 Å². The number of benzene rings is 1. The molecule has 1 atom stereocenters. The van der Waals surface area contributed by atoms with Crippen molar-refractivity contribution < 1.29 is 4.74 Å². The maximum Gasteiger partial charge on any atom is 0.126 e. The summed E-state index contributed by atoms with van der Waals surface area (Å²) in [4.78, 5) is 6.84. The van der Waals surface area contributed by atoms with E-state index in [4.69, 9.17) is 10.00 Å². The molecule has 0 bridgehead atoms. The predicted molar refractivity (Wildman–Crippen MR) is 82.2 cm³/mol. The van der Waals surface area contributed by atoms with Gasteiger partial charge in [-0.3, -0.25) is 0 Å². The van der Waals surface area contributed by atoms with Crippen molar-refractivity contribution in [2.24, 2.45) is 0 Å². The van der Waals surface area contributed by atoms with Gasteiger partial charge in [0.2, 0.25) is 0 Å². The van der Waals surface area contributed by atoms with Gasteiger partial charge in [-0.25, -0.2) is 4.98 Å². The summed E-state index contributed by atoms with van der Waals surface area (Å²) >= 11 is 0. The highest BCUT2D eigenvalue weighted by molar-refractivity contribution is 5.81. The molecule has 108 valence electrons. The zero-order chi connectivity index (χ0) is 14.7. The van der Waals surface area contributed by atoms with E-state index < -0.39 is 0 Å². The Kier molecular flexibility index (Phi) is 4.00. The summed E-state index contributed by atoms with van der Waals surface area (Å²) in [7, 11) is 2.11. The van der Waals surface area contributed by atoms with Gasteiger partial charge in [-0.2, -0.15) is 5.26 Å². The Labute approximate surface area is 124 Å². The minimum absolute atomic E-state index is 0.196. The molecule has 0 saturated carbocycles. The second-order valence-corrected chi connectivity index (χ2v) is 5.35. The molecule has 1 N–H and O–H groups in total. The number of aromatic nitrogens is 1. The molecular weight excluding hydrogens is 264 g/mol. The molecular formula is C16H18N4O. The van der Waals surface area contributed by atoms with Crippen LogP contribution in [0.25, 0.3) is 10.9 Å². The number of anilines is 1. The van der Waals surface area contributed by atoms with E-state index in [1.54, 1.807) is 6.07 Å². The van der Waals surface area contributed by atoms with E-state index in [1.165, 1.54) is 0 Å². The summed E-state index contributed by atoms with van der Waals surface area (Å²) in [6.07, 6.45) is 0.196. The molecule has 5 heteroatoms. The Bertz CT molecular complexity index is 680. The number of hydrogen-bond acceptors (Lipinski definition) is 5. The van der Waals surface area contributed by atoms with E-state index in [-0.39, 0.29) is 6.10 Å². The quantitative estimate of drug-likeness (QED) is 0.931. The van der Waals surface area contributed by atoms with Crippen LogP contribution in [0, 0.1) is 11.3 Å². The average molecular weight is 282 g/mol. The van der Waals surface area contributed by atoms with E-state index >= 15 is 0 Å². The summed E-state index contributed by atoms with van der Waals surface area (Å²) in [5, 5.41) is 13.2. The maximum atomic E-state index is 8.90. The third kappa shape index (κ3) is 3.30. The molecule has 0 aliphatic carbocycles. The Hall–Kier alpha value is -2.16.